The van der Waals surface area contributed by atoms with Gasteiger partial charge >= 0.3 is 18.5 Å². The molecule has 0 bridgehead atoms. The zero-order valence-electron chi connectivity index (χ0n) is 52.5. The second-order valence-corrected chi connectivity index (χ2v) is 24.6. The fourth-order valence-corrected chi connectivity index (χ4v) is 14.0. The summed E-state index contributed by atoms with van der Waals surface area (Å²) in [4.78, 5) is 6.52. The summed E-state index contributed by atoms with van der Waals surface area (Å²) in [6, 6.07) is 69.3. The van der Waals surface area contributed by atoms with E-state index in [-0.39, 0.29) is 28.1 Å². The summed E-state index contributed by atoms with van der Waals surface area (Å²) in [5, 5.41) is 18.1. The lowest BCUT2D eigenvalue weighted by Gasteiger charge is -2.23. The second-order valence-electron chi connectivity index (χ2n) is 24.6. The van der Waals surface area contributed by atoms with Crippen molar-refractivity contribution in [1.29, 1.82) is 5.26 Å². The van der Waals surface area contributed by atoms with Gasteiger partial charge in [0.25, 0.3) is 0 Å². The molecule has 4 aromatic heterocycles. The molecule has 16 aromatic rings. The van der Waals surface area contributed by atoms with Crippen LogP contribution in [-0.4, -0.2) is 18.3 Å². The Kier molecular flexibility index (Phi) is 14.5. The van der Waals surface area contributed by atoms with Crippen molar-refractivity contribution in [2.45, 2.75) is 46.2 Å². The first-order valence-corrected chi connectivity index (χ1v) is 31.0. The number of hydrogen-bond donors (Lipinski definition) is 0. The van der Waals surface area contributed by atoms with Crippen LogP contribution in [0.2, 0.25) is 0 Å². The van der Waals surface area contributed by atoms with Crippen molar-refractivity contribution in [2.24, 2.45) is 0 Å². The van der Waals surface area contributed by atoms with Crippen LogP contribution in [-0.2, 0) is 18.5 Å². The highest BCUT2D eigenvalue weighted by Gasteiger charge is 2.38. The molecule has 476 valence electrons. The normalized spacial score (nSPS) is 12.1. The molecule has 0 aliphatic heterocycles. The summed E-state index contributed by atoms with van der Waals surface area (Å²) in [5.74, 6) is 0. The molecule has 0 atom stereocenters. The van der Waals surface area contributed by atoms with Crippen LogP contribution in [0.1, 0.15) is 44.5 Å². The van der Waals surface area contributed by atoms with Gasteiger partial charge in [-0.1, -0.05) is 121 Å². The van der Waals surface area contributed by atoms with Gasteiger partial charge in [-0.2, -0.15) is 44.8 Å². The van der Waals surface area contributed by atoms with Gasteiger partial charge in [0.15, 0.2) is 11.4 Å². The van der Waals surface area contributed by atoms with E-state index in [9.17, 15) is 31.6 Å². The Hall–Kier alpha value is -12.3. The summed E-state index contributed by atoms with van der Waals surface area (Å²) in [5.41, 5.74) is 8.33. The maximum Gasteiger partial charge on any atom is 0.417 e. The first-order valence-electron chi connectivity index (χ1n) is 31.0. The van der Waals surface area contributed by atoms with Crippen LogP contribution in [0.15, 0.2) is 231 Å². The maximum absolute atomic E-state index is 15.3. The minimum Gasteiger partial charge on any atom is -0.307 e. The molecule has 0 spiro atoms. The number of fused-ring (bicyclic) bond motifs is 12. The van der Waals surface area contributed by atoms with Crippen molar-refractivity contribution in [3.8, 4) is 51.1 Å². The third-order valence-electron chi connectivity index (χ3n) is 18.3. The van der Waals surface area contributed by atoms with E-state index in [1.54, 1.807) is 10.6 Å². The van der Waals surface area contributed by atoms with Crippen molar-refractivity contribution in [2.75, 3.05) is 0 Å². The highest BCUT2D eigenvalue weighted by molar-refractivity contribution is 6.14. The van der Waals surface area contributed by atoms with E-state index in [4.69, 9.17) is 13.1 Å². The van der Waals surface area contributed by atoms with Gasteiger partial charge in [0.05, 0.1) is 97.2 Å². The number of nitriles is 1. The molecule has 0 saturated heterocycles. The molecule has 0 N–H and O–H groups in total. The van der Waals surface area contributed by atoms with Crippen molar-refractivity contribution in [3.63, 3.8) is 0 Å². The molecule has 0 radical (unpaired) electrons. The predicted octanol–water partition coefficient (Wildman–Crippen LogP) is 24.4. The van der Waals surface area contributed by atoms with Crippen molar-refractivity contribution in [1.82, 2.24) is 18.3 Å². The predicted molar refractivity (Wildman–Crippen MR) is 372 cm³/mol. The molecule has 0 aliphatic rings. The number of aromatic nitrogens is 4. The highest BCUT2D eigenvalue weighted by Crippen LogP contribution is 2.49. The molecular formula is C82H50F9N7. The molecule has 0 fully saturated rings. The minimum absolute atomic E-state index is 0.148. The lowest BCUT2D eigenvalue weighted by molar-refractivity contribution is -0.138. The van der Waals surface area contributed by atoms with Crippen LogP contribution < -0.4 is 0 Å². The minimum atomic E-state index is -4.97. The molecule has 0 amide bonds. The number of aryl methyl sites for hydroxylation is 4. The molecule has 0 aliphatic carbocycles. The monoisotopic (exact) mass is 1300 g/mol. The van der Waals surface area contributed by atoms with Gasteiger partial charge in [-0.05, 0) is 176 Å². The SMILES string of the molecule is [C-]#[N+]c1cc(-c2cc(-n3c4ccccc4c4ccc(C)cc43)c(-n3c4ccccc4c4ccc(C)cc43)cc2C#N)cc(C(F)(F)F)c1.[C-]#[N+]c1cc(-c2cc(-n3c4ccccc4c4ccc(C)cc43)c(-n3c4ccccc4c4ccc(C)cc43)cc2C(F)(F)F)cc(C(F)(F)F)c1. The van der Waals surface area contributed by atoms with Crippen LogP contribution in [0, 0.1) is 52.2 Å². The van der Waals surface area contributed by atoms with Crippen molar-refractivity contribution in [3.05, 3.63) is 298 Å². The van der Waals surface area contributed by atoms with Crippen molar-refractivity contribution >= 4 is 98.6 Å². The average molecular weight is 1300 g/mol. The molecule has 4 heterocycles. The molecule has 16 heteroatoms. The van der Waals surface area contributed by atoms with Crippen LogP contribution in [0.3, 0.4) is 0 Å². The molecule has 7 nitrogen and oxygen atoms in total. The van der Waals surface area contributed by atoms with Crippen molar-refractivity contribution < 1.29 is 39.5 Å². The van der Waals surface area contributed by atoms with Gasteiger partial charge < -0.3 is 18.3 Å². The van der Waals surface area contributed by atoms with E-state index in [1.807, 2.05) is 160 Å². The highest BCUT2D eigenvalue weighted by atomic mass is 19.4. The van der Waals surface area contributed by atoms with Crippen LogP contribution in [0.5, 0.6) is 0 Å². The molecule has 12 aromatic carbocycles. The van der Waals surface area contributed by atoms with E-state index in [0.717, 1.165) is 117 Å². The quantitative estimate of drug-likeness (QED) is 0.121. The van der Waals surface area contributed by atoms with Crippen LogP contribution >= 0.6 is 0 Å². The fraction of sp³-hybridized carbons (Fsp3) is 0.0854. The molecular weight excluding hydrogens is 1250 g/mol. The number of nitrogens with zero attached hydrogens (tertiary/aromatic N) is 7. The zero-order chi connectivity index (χ0) is 68.4. The number of benzene rings is 12. The summed E-state index contributed by atoms with van der Waals surface area (Å²) in [7, 11) is 0. The lowest BCUT2D eigenvalue weighted by atomic mass is 9.95. The summed E-state index contributed by atoms with van der Waals surface area (Å²) < 4.78 is 138. The summed E-state index contributed by atoms with van der Waals surface area (Å²) in [6.45, 7) is 22.9. The number of halogens is 9. The van der Waals surface area contributed by atoms with E-state index >= 15 is 13.2 Å². The Morgan fingerprint density at radius 1 is 0.316 bits per heavy atom. The Bertz CT molecular complexity index is 6190. The standard InChI is InChI=1S/C41H25F6N3.C41H25F3N4/c1-23-12-14-30-28-8-4-6-10-34(28)49(36(30)16-23)38-21-32(25-18-26(40(42,43)44)20-27(19-25)48-3)33(41(45,46)47)22-39(38)50-35-11-7-5-9-29(35)31-15-13-24(2)17-37(31)50;1-24-12-14-32-30-8-4-6-10-35(30)47(37(32)16-24)39-20-27(23-45)34(26-18-28(41(42,43)44)21-29(19-26)46-3)22-40(39)48-36-11-7-5-9-31(36)33-15-13-25(2)17-38(33)48/h4-22H,1-2H3;4-22H,1-2H3. The molecule has 16 rings (SSSR count). The van der Waals surface area contributed by atoms with E-state index in [2.05, 4.69) is 73.4 Å². The second kappa shape index (κ2) is 23.0. The van der Waals surface area contributed by atoms with Gasteiger partial charge in [0.1, 0.15) is 0 Å². The Labute approximate surface area is 554 Å². The van der Waals surface area contributed by atoms with E-state index in [1.165, 1.54) is 12.1 Å². The van der Waals surface area contributed by atoms with Gasteiger partial charge in [-0.15, -0.1) is 0 Å². The number of para-hydroxylation sites is 4. The Morgan fingerprint density at radius 3 is 0.929 bits per heavy atom. The Morgan fingerprint density at radius 2 is 0.612 bits per heavy atom. The largest absolute Gasteiger partial charge is 0.417 e. The van der Waals surface area contributed by atoms with Crippen LogP contribution in [0.25, 0.3) is 142 Å². The number of rotatable bonds is 6. The van der Waals surface area contributed by atoms with Crippen LogP contribution in [0.4, 0.5) is 50.9 Å². The van der Waals surface area contributed by atoms with E-state index < -0.39 is 46.5 Å². The first kappa shape index (κ1) is 61.8. The fourth-order valence-electron chi connectivity index (χ4n) is 14.0. The third kappa shape index (κ3) is 10.3. The summed E-state index contributed by atoms with van der Waals surface area (Å²) >= 11 is 0. The number of alkyl halides is 9. The maximum atomic E-state index is 15.3. The lowest BCUT2D eigenvalue weighted by Crippen LogP contribution is -2.12. The average Bonchev–Trinajstić information content (AvgIpc) is 1.53. The topological polar surface area (TPSA) is 52.2 Å². The van der Waals surface area contributed by atoms with Gasteiger partial charge in [0.2, 0.25) is 0 Å². The van der Waals surface area contributed by atoms with Gasteiger partial charge in [0, 0.05) is 59.8 Å². The van der Waals surface area contributed by atoms with E-state index in [0.29, 0.717) is 51.3 Å². The number of hydrogen-bond acceptors (Lipinski definition) is 1. The van der Waals surface area contributed by atoms with Gasteiger partial charge in [-0.25, -0.2) is 9.69 Å². The van der Waals surface area contributed by atoms with Gasteiger partial charge in [-0.3, -0.25) is 0 Å². The molecule has 0 unspecified atom stereocenters. The first-order chi connectivity index (χ1) is 47.0. The zero-order valence-corrected chi connectivity index (χ0v) is 52.5. The Balaban J connectivity index is 0.000000160. The molecule has 98 heavy (non-hydrogen) atoms. The summed E-state index contributed by atoms with van der Waals surface area (Å²) in [6.07, 6.45) is -14.5. The smallest absolute Gasteiger partial charge is 0.307 e. The third-order valence-corrected chi connectivity index (χ3v) is 18.3. The molecule has 0 saturated carbocycles.